The molecule has 1 aromatic rings. The van der Waals surface area contributed by atoms with Crippen molar-refractivity contribution in [3.05, 3.63) is 29.8 Å². The highest BCUT2D eigenvalue weighted by Crippen LogP contribution is 2.41. The number of rotatable bonds is 4. The molecule has 1 N–H and O–H groups in total. The average molecular weight is 313 g/mol. The van der Waals surface area contributed by atoms with Crippen LogP contribution in [0.2, 0.25) is 6.82 Å². The molecular formula is C14H21BFNO3S. The average Bonchev–Trinajstić information content (AvgIpc) is 2.69. The van der Waals surface area contributed by atoms with E-state index in [-0.39, 0.29) is 0 Å². The van der Waals surface area contributed by atoms with Crippen LogP contribution in [0.3, 0.4) is 0 Å². The lowest BCUT2D eigenvalue weighted by Gasteiger charge is -2.33. The SMILES string of the molecule is CB(O)N1[C@H](CF)[C@@H](c2ccc(S(C)=O)cc2)OC1(C)C. The van der Waals surface area contributed by atoms with Crippen LogP contribution in [0.5, 0.6) is 0 Å². The summed E-state index contributed by atoms with van der Waals surface area (Å²) in [7, 11) is -1.84. The molecule has 0 aliphatic carbocycles. The maximum atomic E-state index is 13.5. The van der Waals surface area contributed by atoms with Gasteiger partial charge in [-0.25, -0.2) is 4.39 Å². The largest absolute Gasteiger partial charge is 0.437 e. The zero-order valence-electron chi connectivity index (χ0n) is 12.7. The van der Waals surface area contributed by atoms with Crippen molar-refractivity contribution in [1.29, 1.82) is 0 Å². The van der Waals surface area contributed by atoms with Crippen molar-refractivity contribution in [3.8, 4) is 0 Å². The summed E-state index contributed by atoms with van der Waals surface area (Å²) in [4.78, 5) is 2.36. The number of hydrogen-bond acceptors (Lipinski definition) is 4. The Morgan fingerprint density at radius 1 is 1.43 bits per heavy atom. The Balaban J connectivity index is 2.32. The van der Waals surface area contributed by atoms with Crippen LogP contribution in [0.1, 0.15) is 25.5 Å². The first-order valence-corrected chi connectivity index (χ1v) is 8.47. The first-order chi connectivity index (χ1) is 9.77. The smallest absolute Gasteiger partial charge is 0.379 e. The van der Waals surface area contributed by atoms with Gasteiger partial charge in [-0.1, -0.05) is 12.1 Å². The van der Waals surface area contributed by atoms with Gasteiger partial charge in [-0.15, -0.1) is 0 Å². The van der Waals surface area contributed by atoms with Crippen molar-refractivity contribution in [2.45, 2.75) is 43.4 Å². The standard InChI is InChI=1S/C14H21BFNO3S/c1-14(2)17(15(3)18)12(9-16)13(20-14)10-5-7-11(8-6-10)21(4)19/h5-8,12-13,18H,9H2,1-4H3/t12-,13-,21?/m1/s1. The van der Waals surface area contributed by atoms with Crippen molar-refractivity contribution >= 4 is 17.9 Å². The Bertz CT molecular complexity index is 523. The van der Waals surface area contributed by atoms with Gasteiger partial charge in [-0.3, -0.25) is 9.02 Å². The number of nitrogens with zero attached hydrogens (tertiary/aromatic N) is 1. The molecule has 1 aliphatic rings. The maximum Gasteiger partial charge on any atom is 0.379 e. The van der Waals surface area contributed by atoms with Gasteiger partial charge in [0, 0.05) is 22.0 Å². The quantitative estimate of drug-likeness (QED) is 0.864. The number of alkyl halides is 1. The molecule has 0 aromatic heterocycles. The Morgan fingerprint density at radius 3 is 2.43 bits per heavy atom. The lowest BCUT2D eigenvalue weighted by atomic mass is 9.80. The topological polar surface area (TPSA) is 49.8 Å². The van der Waals surface area contributed by atoms with E-state index in [9.17, 15) is 13.6 Å². The van der Waals surface area contributed by atoms with Gasteiger partial charge in [0.05, 0.1) is 6.04 Å². The van der Waals surface area contributed by atoms with Crippen molar-refractivity contribution in [1.82, 2.24) is 4.81 Å². The van der Waals surface area contributed by atoms with E-state index in [1.807, 2.05) is 26.0 Å². The summed E-state index contributed by atoms with van der Waals surface area (Å²) < 4.78 is 30.9. The fraction of sp³-hybridized carbons (Fsp3) is 0.571. The molecule has 1 saturated heterocycles. The highest BCUT2D eigenvalue weighted by atomic mass is 32.2. The normalized spacial score (nSPS) is 26.8. The zero-order valence-corrected chi connectivity index (χ0v) is 13.6. The van der Waals surface area contributed by atoms with E-state index >= 15 is 0 Å². The molecule has 0 spiro atoms. The molecule has 1 heterocycles. The summed E-state index contributed by atoms with van der Waals surface area (Å²) in [5.41, 5.74) is 0.0741. The first kappa shape index (κ1) is 16.6. The molecule has 1 unspecified atom stereocenters. The second kappa shape index (κ2) is 6.16. The summed E-state index contributed by atoms with van der Waals surface area (Å²) >= 11 is 0. The molecule has 1 fully saturated rings. The molecule has 0 bridgehead atoms. The van der Waals surface area contributed by atoms with E-state index in [1.165, 1.54) is 0 Å². The van der Waals surface area contributed by atoms with E-state index in [2.05, 4.69) is 0 Å². The van der Waals surface area contributed by atoms with E-state index in [0.29, 0.717) is 0 Å². The molecule has 21 heavy (non-hydrogen) atoms. The maximum absolute atomic E-state index is 13.5. The molecule has 2 rings (SSSR count). The van der Waals surface area contributed by atoms with Gasteiger partial charge in [0.15, 0.2) is 0 Å². The fourth-order valence-corrected chi connectivity index (χ4v) is 3.54. The second-order valence-corrected chi connectivity index (χ2v) is 7.15. The fourth-order valence-electron chi connectivity index (χ4n) is 3.02. The molecule has 1 aromatic carbocycles. The van der Waals surface area contributed by atoms with Crippen LogP contribution in [-0.2, 0) is 15.5 Å². The summed E-state index contributed by atoms with van der Waals surface area (Å²) in [5, 5.41) is 9.91. The number of halogens is 1. The van der Waals surface area contributed by atoms with Crippen molar-refractivity contribution in [2.75, 3.05) is 12.9 Å². The van der Waals surface area contributed by atoms with Gasteiger partial charge in [-0.2, -0.15) is 0 Å². The molecule has 7 heteroatoms. The minimum atomic E-state index is -1.04. The molecule has 116 valence electrons. The lowest BCUT2D eigenvalue weighted by Crippen LogP contribution is -2.52. The summed E-state index contributed by atoms with van der Waals surface area (Å²) in [6.07, 6.45) is 1.16. The van der Waals surface area contributed by atoms with E-state index in [4.69, 9.17) is 4.74 Å². The number of benzene rings is 1. The first-order valence-electron chi connectivity index (χ1n) is 6.91. The monoisotopic (exact) mass is 313 g/mol. The molecule has 1 aliphatic heterocycles. The Morgan fingerprint density at radius 2 is 2.00 bits per heavy atom. The van der Waals surface area contributed by atoms with Crippen LogP contribution in [0.25, 0.3) is 0 Å². The highest BCUT2D eigenvalue weighted by Gasteiger charge is 2.50. The van der Waals surface area contributed by atoms with Crippen LogP contribution in [-0.4, -0.2) is 45.8 Å². The van der Waals surface area contributed by atoms with E-state index < -0.39 is 42.4 Å². The molecule has 0 radical (unpaired) electrons. The molecule has 0 saturated carbocycles. The Labute approximate surface area is 127 Å². The van der Waals surface area contributed by atoms with Crippen LogP contribution in [0.4, 0.5) is 4.39 Å². The summed E-state index contributed by atoms with van der Waals surface area (Å²) in [6.45, 7) is 4.63. The van der Waals surface area contributed by atoms with Crippen molar-refractivity contribution in [2.24, 2.45) is 0 Å². The summed E-state index contributed by atoms with van der Waals surface area (Å²) in [5.74, 6) is 0. The molecule has 0 amide bonds. The third-order valence-electron chi connectivity index (χ3n) is 3.85. The van der Waals surface area contributed by atoms with Crippen LogP contribution in [0, 0.1) is 0 Å². The Kier molecular flexibility index (Phi) is 4.87. The zero-order chi connectivity index (χ0) is 15.8. The van der Waals surface area contributed by atoms with Crippen LogP contribution in [0.15, 0.2) is 29.2 Å². The third-order valence-corrected chi connectivity index (χ3v) is 4.78. The number of ether oxygens (including phenoxy) is 1. The Hall–Kier alpha value is -0.755. The van der Waals surface area contributed by atoms with Gasteiger partial charge in [-0.05, 0) is 38.4 Å². The van der Waals surface area contributed by atoms with Gasteiger partial charge < -0.3 is 9.76 Å². The van der Waals surface area contributed by atoms with Gasteiger partial charge in [0.2, 0.25) is 0 Å². The van der Waals surface area contributed by atoms with Gasteiger partial charge in [0.25, 0.3) is 0 Å². The number of hydrogen-bond donors (Lipinski definition) is 1. The minimum absolute atomic E-state index is 0.459. The minimum Gasteiger partial charge on any atom is -0.437 e. The van der Waals surface area contributed by atoms with Gasteiger partial charge >= 0.3 is 7.05 Å². The van der Waals surface area contributed by atoms with E-state index in [1.54, 1.807) is 30.0 Å². The van der Waals surface area contributed by atoms with Crippen LogP contribution >= 0.6 is 0 Å². The third kappa shape index (κ3) is 3.21. The van der Waals surface area contributed by atoms with E-state index in [0.717, 1.165) is 10.5 Å². The second-order valence-electron chi connectivity index (χ2n) is 5.77. The highest BCUT2D eigenvalue weighted by molar-refractivity contribution is 7.84. The van der Waals surface area contributed by atoms with Crippen LogP contribution < -0.4 is 0 Å². The van der Waals surface area contributed by atoms with Crippen molar-refractivity contribution in [3.63, 3.8) is 0 Å². The molecule has 4 nitrogen and oxygen atoms in total. The molecular weight excluding hydrogens is 292 g/mol. The van der Waals surface area contributed by atoms with Gasteiger partial charge in [0.1, 0.15) is 18.5 Å². The van der Waals surface area contributed by atoms with Crippen molar-refractivity contribution < 1.29 is 18.4 Å². The lowest BCUT2D eigenvalue weighted by molar-refractivity contribution is -0.0557. The molecule has 3 atom stereocenters. The predicted molar refractivity (Wildman–Crippen MR) is 82.1 cm³/mol. The summed E-state index contributed by atoms with van der Waals surface area (Å²) in [6, 6.07) is 6.61. The predicted octanol–water partition coefficient (Wildman–Crippen LogP) is 1.98.